The number of halogens is 1. The van der Waals surface area contributed by atoms with Gasteiger partial charge in [0.05, 0.1) is 11.6 Å². The van der Waals surface area contributed by atoms with Crippen molar-refractivity contribution in [2.75, 3.05) is 6.61 Å². The van der Waals surface area contributed by atoms with Crippen LogP contribution in [-0.2, 0) is 14.8 Å². The second kappa shape index (κ2) is 7.95. The quantitative estimate of drug-likeness (QED) is 0.634. The van der Waals surface area contributed by atoms with Crippen molar-refractivity contribution >= 4 is 33.7 Å². The van der Waals surface area contributed by atoms with Gasteiger partial charge in [0.2, 0.25) is 0 Å². The summed E-state index contributed by atoms with van der Waals surface area (Å²) < 4.78 is 31.8. The Balaban J connectivity index is 3.14. The van der Waals surface area contributed by atoms with E-state index < -0.39 is 15.9 Å². The zero-order valence-corrected chi connectivity index (χ0v) is 14.0. The second-order valence-electron chi connectivity index (χ2n) is 4.02. The topological polar surface area (TPSA) is 84.8 Å². The van der Waals surface area contributed by atoms with Crippen LogP contribution in [-0.4, -0.2) is 27.1 Å². The fourth-order valence-corrected chi connectivity index (χ4v) is 3.06. The average molecular weight is 345 g/mol. The third-order valence-electron chi connectivity index (χ3n) is 2.50. The number of ether oxygens (including phenoxy) is 1. The predicted molar refractivity (Wildman–Crippen MR) is 85.9 cm³/mol. The van der Waals surface area contributed by atoms with Gasteiger partial charge in [0, 0.05) is 12.3 Å². The third kappa shape index (κ3) is 4.57. The molecule has 1 amide bonds. The number of nitrogens with one attached hydrogen (secondary N) is 1. The molecule has 0 saturated heterocycles. The average Bonchev–Trinajstić information content (AvgIpc) is 2.46. The molecule has 0 fully saturated rings. The van der Waals surface area contributed by atoms with Gasteiger partial charge in [0.25, 0.3) is 15.9 Å². The van der Waals surface area contributed by atoms with E-state index in [-0.39, 0.29) is 15.6 Å². The van der Waals surface area contributed by atoms with Crippen molar-refractivity contribution in [2.24, 2.45) is 4.99 Å². The fourth-order valence-electron chi connectivity index (χ4n) is 1.58. The van der Waals surface area contributed by atoms with E-state index in [1.54, 1.807) is 26.8 Å². The molecule has 0 unspecified atom stereocenters. The van der Waals surface area contributed by atoms with Gasteiger partial charge < -0.3 is 4.74 Å². The molecule has 22 heavy (non-hydrogen) atoms. The van der Waals surface area contributed by atoms with Gasteiger partial charge >= 0.3 is 0 Å². The maximum absolute atomic E-state index is 12.3. The number of sulfonamides is 1. The predicted octanol–water partition coefficient (Wildman–Crippen LogP) is 2.54. The number of carbonyl (C=O) groups is 1. The van der Waals surface area contributed by atoms with Gasteiger partial charge in [-0.3, -0.25) is 9.79 Å². The first-order chi connectivity index (χ1) is 10.4. The molecule has 0 aliphatic rings. The number of benzene rings is 1. The molecule has 8 heteroatoms. The highest BCUT2D eigenvalue weighted by Crippen LogP contribution is 2.26. The van der Waals surface area contributed by atoms with Gasteiger partial charge in [-0.05, 0) is 32.9 Å². The molecule has 0 atom stereocenters. The Morgan fingerprint density at radius 2 is 2.09 bits per heavy atom. The van der Waals surface area contributed by atoms with Crippen LogP contribution in [0.25, 0.3) is 0 Å². The van der Waals surface area contributed by atoms with Crippen LogP contribution < -0.4 is 9.46 Å². The maximum atomic E-state index is 12.3. The Kier molecular flexibility index (Phi) is 6.58. The first-order valence-electron chi connectivity index (χ1n) is 6.50. The molecule has 1 N–H and O–H groups in total. The molecule has 0 aliphatic carbocycles. The van der Waals surface area contributed by atoms with Gasteiger partial charge in [-0.2, -0.15) is 0 Å². The summed E-state index contributed by atoms with van der Waals surface area (Å²) in [6, 6.07) is 4.21. The normalized spacial score (nSPS) is 12.5. The van der Waals surface area contributed by atoms with Crippen LogP contribution in [0.3, 0.4) is 0 Å². The smallest absolute Gasteiger partial charge is 0.283 e. The Labute approximate surface area is 134 Å². The summed E-state index contributed by atoms with van der Waals surface area (Å²) in [5.74, 6) is -0.490. The monoisotopic (exact) mass is 344 g/mol. The summed E-state index contributed by atoms with van der Waals surface area (Å²) in [4.78, 5) is 15.5. The highest BCUT2D eigenvalue weighted by molar-refractivity contribution is 7.90. The van der Waals surface area contributed by atoms with Crippen LogP contribution in [0.2, 0.25) is 5.02 Å². The molecule has 1 aromatic rings. The number of carbonyl (C=O) groups excluding carboxylic acids is 1. The van der Waals surface area contributed by atoms with E-state index in [1.165, 1.54) is 24.4 Å². The maximum Gasteiger partial charge on any atom is 0.283 e. The second-order valence-corrected chi connectivity index (χ2v) is 6.08. The lowest BCUT2D eigenvalue weighted by Crippen LogP contribution is -2.31. The standard InChI is InChI=1S/C14H17ClN2O4S/c1-4-12(16-5-2)14(18)17-22(19,20)13-9-10(21-6-3)7-8-11(13)15/h4-5,7-9H,6H2,1-3H3,(H,17,18)/b12-4-,16-5?. The fraction of sp³-hybridized carbons (Fsp3) is 0.286. The number of hydrogen-bond donors (Lipinski definition) is 1. The summed E-state index contributed by atoms with van der Waals surface area (Å²) in [7, 11) is -4.13. The summed E-state index contributed by atoms with van der Waals surface area (Å²) in [6.45, 7) is 5.35. The molecule has 0 aliphatic heterocycles. The molecule has 1 aromatic carbocycles. The van der Waals surface area contributed by atoms with E-state index >= 15 is 0 Å². The molecule has 0 heterocycles. The minimum atomic E-state index is -4.13. The van der Waals surface area contributed by atoms with Crippen LogP contribution in [0, 0.1) is 0 Å². The summed E-state index contributed by atoms with van der Waals surface area (Å²) in [6.07, 6.45) is 2.80. The lowest BCUT2D eigenvalue weighted by atomic mass is 10.3. The van der Waals surface area contributed by atoms with Gasteiger partial charge in [0.15, 0.2) is 0 Å². The molecule has 0 radical (unpaired) electrons. The number of rotatable bonds is 6. The number of hydrogen-bond acceptors (Lipinski definition) is 5. The first kappa shape index (κ1) is 18.2. The lowest BCUT2D eigenvalue weighted by molar-refractivity contribution is -0.115. The van der Waals surface area contributed by atoms with Crippen LogP contribution in [0.1, 0.15) is 20.8 Å². The Bertz CT molecular complexity index is 712. The Morgan fingerprint density at radius 3 is 2.64 bits per heavy atom. The van der Waals surface area contributed by atoms with Crippen molar-refractivity contribution in [3.05, 3.63) is 35.0 Å². The van der Waals surface area contributed by atoms with Crippen molar-refractivity contribution in [1.29, 1.82) is 0 Å². The van der Waals surface area contributed by atoms with E-state index in [0.29, 0.717) is 12.4 Å². The van der Waals surface area contributed by atoms with Crippen LogP contribution in [0.4, 0.5) is 0 Å². The van der Waals surface area contributed by atoms with E-state index in [4.69, 9.17) is 16.3 Å². The van der Waals surface area contributed by atoms with Crippen LogP contribution in [0.5, 0.6) is 5.75 Å². The van der Waals surface area contributed by atoms with Crippen molar-refractivity contribution in [2.45, 2.75) is 25.7 Å². The van der Waals surface area contributed by atoms with Crippen molar-refractivity contribution < 1.29 is 17.9 Å². The van der Waals surface area contributed by atoms with E-state index in [0.717, 1.165) is 0 Å². The van der Waals surface area contributed by atoms with Gasteiger partial charge in [-0.15, -0.1) is 0 Å². The molecule has 1 rings (SSSR count). The van der Waals surface area contributed by atoms with E-state index in [9.17, 15) is 13.2 Å². The number of nitrogens with zero attached hydrogens (tertiary/aromatic N) is 1. The minimum absolute atomic E-state index is 0.00947. The van der Waals surface area contributed by atoms with Crippen LogP contribution in [0.15, 0.2) is 39.9 Å². The number of aliphatic imine (C=N–C) groups is 1. The zero-order chi connectivity index (χ0) is 16.8. The largest absolute Gasteiger partial charge is 0.494 e. The van der Waals surface area contributed by atoms with E-state index in [2.05, 4.69) is 4.99 Å². The number of allylic oxidation sites excluding steroid dienone is 1. The Hall–Kier alpha value is -1.86. The van der Waals surface area contributed by atoms with Gasteiger partial charge in [0.1, 0.15) is 16.3 Å². The highest BCUT2D eigenvalue weighted by atomic mass is 35.5. The number of amides is 1. The summed E-state index contributed by atoms with van der Waals surface area (Å²) >= 11 is 5.91. The van der Waals surface area contributed by atoms with Gasteiger partial charge in [-0.1, -0.05) is 17.7 Å². The van der Waals surface area contributed by atoms with Crippen LogP contribution >= 0.6 is 11.6 Å². The highest BCUT2D eigenvalue weighted by Gasteiger charge is 2.23. The molecule has 0 saturated carbocycles. The molecule has 120 valence electrons. The van der Waals surface area contributed by atoms with Crippen molar-refractivity contribution in [3.63, 3.8) is 0 Å². The summed E-state index contributed by atoms with van der Waals surface area (Å²) in [5, 5.41) is -0.00947. The van der Waals surface area contributed by atoms with Gasteiger partial charge in [-0.25, -0.2) is 13.1 Å². The van der Waals surface area contributed by atoms with Crippen molar-refractivity contribution in [1.82, 2.24) is 4.72 Å². The molecular weight excluding hydrogens is 328 g/mol. The molecule has 0 spiro atoms. The molecular formula is C14H17ClN2O4S. The lowest BCUT2D eigenvalue weighted by Gasteiger charge is -2.10. The molecule has 6 nitrogen and oxygen atoms in total. The zero-order valence-electron chi connectivity index (χ0n) is 12.5. The first-order valence-corrected chi connectivity index (χ1v) is 8.36. The van der Waals surface area contributed by atoms with E-state index in [1.807, 2.05) is 4.72 Å². The SMILES string of the molecule is CC=N/C(=C\C)C(=O)NS(=O)(=O)c1cc(OCC)ccc1Cl. The van der Waals surface area contributed by atoms with Crippen molar-refractivity contribution in [3.8, 4) is 5.75 Å². The summed E-state index contributed by atoms with van der Waals surface area (Å²) in [5.41, 5.74) is -0.0110. The minimum Gasteiger partial charge on any atom is -0.494 e. The molecule has 0 aromatic heterocycles. The third-order valence-corrected chi connectivity index (χ3v) is 4.32. The Morgan fingerprint density at radius 1 is 1.41 bits per heavy atom. The molecule has 0 bridgehead atoms.